The van der Waals surface area contributed by atoms with Crippen molar-refractivity contribution >= 4 is 52.2 Å². The molecule has 2 N–H and O–H groups in total. The molecule has 1 aliphatic rings. The molecule has 3 aromatic carbocycles. The van der Waals surface area contributed by atoms with Crippen LogP contribution in [0.4, 0.5) is 16.2 Å². The molecule has 0 aliphatic carbocycles. The summed E-state index contributed by atoms with van der Waals surface area (Å²) in [5.41, 5.74) is 3.71. The lowest BCUT2D eigenvalue weighted by Gasteiger charge is -2.14. The summed E-state index contributed by atoms with van der Waals surface area (Å²) in [6.45, 7) is 3.19. The molecule has 200 valence electrons. The van der Waals surface area contributed by atoms with E-state index in [1.165, 1.54) is 7.11 Å². The lowest BCUT2D eigenvalue weighted by molar-refractivity contribution is -0.127. The number of carbonyl (C=O) groups excluding carboxylic acids is 4. The molecule has 9 nitrogen and oxygen atoms in total. The van der Waals surface area contributed by atoms with E-state index in [2.05, 4.69) is 10.6 Å². The maximum Gasteiger partial charge on any atom is 0.294 e. The molecule has 1 saturated heterocycles. The van der Waals surface area contributed by atoms with Crippen LogP contribution in [-0.4, -0.2) is 48.1 Å². The third kappa shape index (κ3) is 7.05. The SMILES string of the molecule is COc1ccccc1NC(=O)COc1ccc(/C=C2\SC(=O)N(CC(=O)Nc3cc(C)ccc3C)C2=O)cc1. The van der Waals surface area contributed by atoms with Crippen molar-refractivity contribution in [2.45, 2.75) is 13.8 Å². The number of para-hydroxylation sites is 2. The van der Waals surface area contributed by atoms with Gasteiger partial charge in [0.2, 0.25) is 5.91 Å². The number of amides is 4. The second kappa shape index (κ2) is 12.3. The van der Waals surface area contributed by atoms with Gasteiger partial charge in [-0.1, -0.05) is 36.4 Å². The van der Waals surface area contributed by atoms with Crippen LogP contribution in [0.15, 0.2) is 71.6 Å². The first-order valence-electron chi connectivity index (χ1n) is 12.0. The van der Waals surface area contributed by atoms with Crippen molar-refractivity contribution in [1.82, 2.24) is 4.90 Å². The number of carbonyl (C=O) groups is 4. The highest BCUT2D eigenvalue weighted by molar-refractivity contribution is 8.18. The Labute approximate surface area is 230 Å². The highest BCUT2D eigenvalue weighted by Crippen LogP contribution is 2.32. The summed E-state index contributed by atoms with van der Waals surface area (Å²) in [4.78, 5) is 51.2. The molecule has 1 fully saturated rings. The van der Waals surface area contributed by atoms with E-state index in [1.807, 2.05) is 32.0 Å². The Kier molecular flexibility index (Phi) is 8.67. The molecule has 0 atom stereocenters. The molecule has 0 spiro atoms. The number of nitrogens with one attached hydrogen (secondary N) is 2. The normalized spacial score (nSPS) is 13.9. The molecule has 3 aromatic rings. The molecule has 0 radical (unpaired) electrons. The zero-order chi connectivity index (χ0) is 27.9. The van der Waals surface area contributed by atoms with Crippen molar-refractivity contribution in [3.05, 3.63) is 88.3 Å². The van der Waals surface area contributed by atoms with E-state index in [0.29, 0.717) is 28.4 Å². The summed E-state index contributed by atoms with van der Waals surface area (Å²) in [6.07, 6.45) is 1.58. The van der Waals surface area contributed by atoms with Gasteiger partial charge in [0.1, 0.15) is 18.0 Å². The highest BCUT2D eigenvalue weighted by Gasteiger charge is 2.36. The summed E-state index contributed by atoms with van der Waals surface area (Å²) in [6, 6.07) is 19.4. The maximum atomic E-state index is 12.8. The standard InChI is InChI=1S/C29H27N3O6S/c1-18-8-9-19(2)23(14-18)31-26(33)16-32-28(35)25(39-29(32)36)15-20-10-12-21(13-11-20)38-17-27(34)30-22-6-4-5-7-24(22)37-3/h4-15H,16-17H2,1-3H3,(H,30,34)(H,31,33)/b25-15-. The number of methoxy groups -OCH3 is 1. The fourth-order valence-electron chi connectivity index (χ4n) is 3.73. The number of hydrogen-bond acceptors (Lipinski definition) is 7. The van der Waals surface area contributed by atoms with Crippen LogP contribution in [0.3, 0.4) is 0 Å². The largest absolute Gasteiger partial charge is 0.495 e. The number of thioether (sulfide) groups is 1. The van der Waals surface area contributed by atoms with Crippen LogP contribution in [-0.2, 0) is 14.4 Å². The number of ether oxygens (including phenoxy) is 2. The second-order valence-corrected chi connectivity index (χ2v) is 9.73. The first kappa shape index (κ1) is 27.5. The Morgan fingerprint density at radius 1 is 0.923 bits per heavy atom. The average Bonchev–Trinajstić information content (AvgIpc) is 3.17. The lowest BCUT2D eigenvalue weighted by atomic mass is 10.1. The number of hydrogen-bond donors (Lipinski definition) is 2. The predicted molar refractivity (Wildman–Crippen MR) is 151 cm³/mol. The van der Waals surface area contributed by atoms with Gasteiger partial charge in [0.05, 0.1) is 17.7 Å². The van der Waals surface area contributed by atoms with Gasteiger partial charge in [-0.15, -0.1) is 0 Å². The molecule has 0 saturated carbocycles. The molecule has 4 amide bonds. The Morgan fingerprint density at radius 2 is 1.64 bits per heavy atom. The van der Waals surface area contributed by atoms with Crippen LogP contribution in [0.1, 0.15) is 16.7 Å². The minimum Gasteiger partial charge on any atom is -0.495 e. The zero-order valence-corrected chi connectivity index (χ0v) is 22.5. The third-order valence-electron chi connectivity index (χ3n) is 5.77. The van der Waals surface area contributed by atoms with Gasteiger partial charge in [0.15, 0.2) is 6.61 Å². The van der Waals surface area contributed by atoms with Crippen molar-refractivity contribution in [1.29, 1.82) is 0 Å². The van der Waals surface area contributed by atoms with Crippen LogP contribution >= 0.6 is 11.8 Å². The Balaban J connectivity index is 1.32. The van der Waals surface area contributed by atoms with E-state index in [0.717, 1.165) is 27.8 Å². The van der Waals surface area contributed by atoms with Crippen LogP contribution in [0.2, 0.25) is 0 Å². The monoisotopic (exact) mass is 545 g/mol. The Bertz CT molecular complexity index is 1450. The van der Waals surface area contributed by atoms with Gasteiger partial charge >= 0.3 is 0 Å². The lowest BCUT2D eigenvalue weighted by Crippen LogP contribution is -2.36. The zero-order valence-electron chi connectivity index (χ0n) is 21.6. The van der Waals surface area contributed by atoms with E-state index in [9.17, 15) is 19.2 Å². The smallest absolute Gasteiger partial charge is 0.294 e. The van der Waals surface area contributed by atoms with E-state index in [1.54, 1.807) is 54.6 Å². The molecule has 0 unspecified atom stereocenters. The summed E-state index contributed by atoms with van der Waals surface area (Å²) in [5.74, 6) is -0.336. The quantitative estimate of drug-likeness (QED) is 0.364. The molecule has 10 heteroatoms. The van der Waals surface area contributed by atoms with E-state index in [-0.39, 0.29) is 24.0 Å². The molecule has 1 heterocycles. The maximum absolute atomic E-state index is 12.8. The summed E-state index contributed by atoms with van der Waals surface area (Å²) >= 11 is 0.777. The molecule has 0 aromatic heterocycles. The summed E-state index contributed by atoms with van der Waals surface area (Å²) in [7, 11) is 1.52. The second-order valence-electron chi connectivity index (χ2n) is 8.74. The van der Waals surface area contributed by atoms with Crippen molar-refractivity contribution in [3.63, 3.8) is 0 Å². The summed E-state index contributed by atoms with van der Waals surface area (Å²) < 4.78 is 10.8. The first-order chi connectivity index (χ1) is 18.7. The molecular weight excluding hydrogens is 518 g/mol. The average molecular weight is 546 g/mol. The van der Waals surface area contributed by atoms with Gasteiger partial charge in [0, 0.05) is 5.69 Å². The van der Waals surface area contributed by atoms with Gasteiger partial charge in [-0.05, 0) is 78.7 Å². The number of imide groups is 1. The van der Waals surface area contributed by atoms with Gasteiger partial charge in [-0.25, -0.2) is 0 Å². The number of aryl methyl sites for hydroxylation is 2. The third-order valence-corrected chi connectivity index (χ3v) is 6.68. The molecule has 0 bridgehead atoms. The number of anilines is 2. The van der Waals surface area contributed by atoms with Crippen molar-refractivity contribution in [2.75, 3.05) is 30.9 Å². The van der Waals surface area contributed by atoms with Crippen LogP contribution in [0.25, 0.3) is 6.08 Å². The van der Waals surface area contributed by atoms with Crippen LogP contribution in [0, 0.1) is 13.8 Å². The van der Waals surface area contributed by atoms with Crippen molar-refractivity contribution < 1.29 is 28.7 Å². The predicted octanol–water partition coefficient (Wildman–Crippen LogP) is 5.00. The van der Waals surface area contributed by atoms with Crippen molar-refractivity contribution in [2.24, 2.45) is 0 Å². The highest BCUT2D eigenvalue weighted by atomic mass is 32.2. The number of nitrogens with zero attached hydrogens (tertiary/aromatic N) is 1. The fourth-order valence-corrected chi connectivity index (χ4v) is 4.57. The van der Waals surface area contributed by atoms with E-state index in [4.69, 9.17) is 9.47 Å². The van der Waals surface area contributed by atoms with Gasteiger partial charge in [-0.3, -0.25) is 24.1 Å². The van der Waals surface area contributed by atoms with E-state index >= 15 is 0 Å². The molecule has 39 heavy (non-hydrogen) atoms. The van der Waals surface area contributed by atoms with Crippen LogP contribution < -0.4 is 20.1 Å². The minimum absolute atomic E-state index is 0.208. The van der Waals surface area contributed by atoms with Crippen molar-refractivity contribution in [3.8, 4) is 11.5 Å². The Hall–Kier alpha value is -4.57. The topological polar surface area (TPSA) is 114 Å². The molecular formula is C29H27N3O6S. The summed E-state index contributed by atoms with van der Waals surface area (Å²) in [5, 5.41) is 4.99. The van der Waals surface area contributed by atoms with E-state index < -0.39 is 17.1 Å². The van der Waals surface area contributed by atoms with Gasteiger partial charge in [-0.2, -0.15) is 0 Å². The number of rotatable bonds is 9. The Morgan fingerprint density at radius 3 is 2.38 bits per heavy atom. The van der Waals surface area contributed by atoms with Gasteiger partial charge in [0.25, 0.3) is 17.1 Å². The van der Waals surface area contributed by atoms with Crippen LogP contribution in [0.5, 0.6) is 11.5 Å². The minimum atomic E-state index is -0.533. The number of benzene rings is 3. The molecule has 4 rings (SSSR count). The fraction of sp³-hybridized carbons (Fsp3) is 0.172. The first-order valence-corrected chi connectivity index (χ1v) is 12.8. The molecule has 1 aliphatic heterocycles. The van der Waals surface area contributed by atoms with Gasteiger partial charge < -0.3 is 20.1 Å².